The zero-order valence-electron chi connectivity index (χ0n) is 16.8. The molecule has 2 aliphatic carbocycles. The van der Waals surface area contributed by atoms with Crippen molar-refractivity contribution in [2.45, 2.75) is 50.1 Å². The Balaban J connectivity index is 1.28. The molecule has 0 radical (unpaired) electrons. The molecule has 0 saturated carbocycles. The van der Waals surface area contributed by atoms with Gasteiger partial charge in [0.25, 0.3) is 0 Å². The van der Waals surface area contributed by atoms with Crippen molar-refractivity contribution in [1.82, 2.24) is 24.4 Å². The van der Waals surface area contributed by atoms with Crippen molar-refractivity contribution in [2.24, 2.45) is 5.92 Å². The summed E-state index contributed by atoms with van der Waals surface area (Å²) in [6, 6.07) is 2.96. The van der Waals surface area contributed by atoms with Gasteiger partial charge in [0.1, 0.15) is 5.75 Å². The summed E-state index contributed by atoms with van der Waals surface area (Å²) < 4.78 is 8.69. The van der Waals surface area contributed by atoms with Crippen LogP contribution in [-0.4, -0.2) is 58.1 Å². The first kappa shape index (κ1) is 18.5. The van der Waals surface area contributed by atoms with Crippen LogP contribution in [0, 0.1) is 5.92 Å². The predicted octanol–water partition coefficient (Wildman–Crippen LogP) is 3.47. The fourth-order valence-corrected chi connectivity index (χ4v) is 5.89. The van der Waals surface area contributed by atoms with Gasteiger partial charge in [-0.15, -0.1) is 5.10 Å². The molecular formula is C21H29N5OS. The van der Waals surface area contributed by atoms with Crippen LogP contribution in [0.1, 0.15) is 41.5 Å². The molecular weight excluding hydrogens is 370 g/mol. The fourth-order valence-electron chi connectivity index (χ4n) is 4.96. The van der Waals surface area contributed by atoms with Gasteiger partial charge in [0, 0.05) is 31.6 Å². The van der Waals surface area contributed by atoms with Crippen LogP contribution in [0.5, 0.6) is 11.8 Å². The van der Waals surface area contributed by atoms with Crippen LogP contribution in [0.2, 0.25) is 0 Å². The molecule has 5 rings (SSSR count). The van der Waals surface area contributed by atoms with Crippen molar-refractivity contribution in [3.05, 3.63) is 28.3 Å². The zero-order chi connectivity index (χ0) is 19.1. The van der Waals surface area contributed by atoms with Crippen LogP contribution in [0.15, 0.2) is 11.2 Å². The summed E-state index contributed by atoms with van der Waals surface area (Å²) in [4.78, 5) is 6.90. The third-order valence-corrected chi connectivity index (χ3v) is 7.08. The Kier molecular flexibility index (Phi) is 5.07. The van der Waals surface area contributed by atoms with E-state index in [1.165, 1.54) is 54.4 Å². The molecule has 28 heavy (non-hydrogen) atoms. The van der Waals surface area contributed by atoms with Crippen LogP contribution in [-0.2, 0) is 25.7 Å². The summed E-state index contributed by atoms with van der Waals surface area (Å²) in [5.41, 5.74) is 5.76. The SMILES string of the molecule is CN(C)CC1CCN(Sc2n[nH]c(Oc3c4c(cc5c3CCC5)CCC4)n2)C1. The number of ether oxygens (including phenoxy) is 1. The Bertz CT molecular complexity index is 832. The van der Waals surface area contributed by atoms with Crippen LogP contribution in [0.4, 0.5) is 0 Å². The van der Waals surface area contributed by atoms with Crippen LogP contribution in [0.25, 0.3) is 0 Å². The number of aryl methyl sites for hydroxylation is 2. The minimum Gasteiger partial charge on any atom is -0.424 e. The molecule has 0 bridgehead atoms. The van der Waals surface area contributed by atoms with Crippen molar-refractivity contribution >= 4 is 11.9 Å². The fraction of sp³-hybridized carbons (Fsp3) is 0.619. The number of nitrogens with one attached hydrogen (secondary N) is 1. The smallest absolute Gasteiger partial charge is 0.318 e. The zero-order valence-corrected chi connectivity index (χ0v) is 17.6. The van der Waals surface area contributed by atoms with Crippen LogP contribution in [0.3, 0.4) is 0 Å². The highest BCUT2D eigenvalue weighted by Gasteiger charge is 2.27. The second kappa shape index (κ2) is 7.69. The van der Waals surface area contributed by atoms with E-state index in [-0.39, 0.29) is 0 Å². The molecule has 2 heterocycles. The highest BCUT2D eigenvalue weighted by Crippen LogP contribution is 2.41. The number of benzene rings is 1. The molecule has 1 atom stereocenters. The number of H-pyrrole nitrogens is 1. The number of nitrogens with zero attached hydrogens (tertiary/aromatic N) is 4. The number of rotatable bonds is 6. The van der Waals surface area contributed by atoms with E-state index in [1.807, 2.05) is 0 Å². The van der Waals surface area contributed by atoms with E-state index >= 15 is 0 Å². The molecule has 1 aliphatic heterocycles. The molecule has 3 aliphatic rings. The lowest BCUT2D eigenvalue weighted by Crippen LogP contribution is -2.23. The van der Waals surface area contributed by atoms with Gasteiger partial charge in [-0.25, -0.2) is 9.40 Å². The van der Waals surface area contributed by atoms with Crippen LogP contribution >= 0.6 is 11.9 Å². The molecule has 6 nitrogen and oxygen atoms in total. The molecule has 2 aromatic rings. The highest BCUT2D eigenvalue weighted by atomic mass is 32.2. The van der Waals surface area contributed by atoms with Gasteiger partial charge in [-0.2, -0.15) is 4.98 Å². The summed E-state index contributed by atoms with van der Waals surface area (Å²) in [6.45, 7) is 3.32. The van der Waals surface area contributed by atoms with Gasteiger partial charge in [0.15, 0.2) is 0 Å². The Morgan fingerprint density at radius 1 is 1.18 bits per heavy atom. The minimum absolute atomic E-state index is 0.529. The van der Waals surface area contributed by atoms with Crippen molar-refractivity contribution < 1.29 is 4.74 Å². The lowest BCUT2D eigenvalue weighted by molar-refractivity contribution is 0.332. The molecule has 1 aromatic heterocycles. The van der Waals surface area contributed by atoms with E-state index in [1.54, 1.807) is 11.9 Å². The lowest BCUT2D eigenvalue weighted by atomic mass is 10.0. The maximum Gasteiger partial charge on any atom is 0.318 e. The van der Waals surface area contributed by atoms with Crippen LogP contribution < -0.4 is 4.74 Å². The van der Waals surface area contributed by atoms with Crippen molar-refractivity contribution in [1.29, 1.82) is 0 Å². The number of hydrogen-bond acceptors (Lipinski definition) is 6. The van der Waals surface area contributed by atoms with Crippen molar-refractivity contribution in [3.63, 3.8) is 0 Å². The maximum atomic E-state index is 6.32. The Hall–Kier alpha value is -1.57. The van der Waals surface area contributed by atoms with Gasteiger partial charge >= 0.3 is 6.01 Å². The first-order chi connectivity index (χ1) is 13.7. The topological polar surface area (TPSA) is 57.3 Å². The van der Waals surface area contributed by atoms with E-state index in [4.69, 9.17) is 4.74 Å². The average molecular weight is 400 g/mol. The lowest BCUT2D eigenvalue weighted by Gasteiger charge is -2.16. The Morgan fingerprint density at radius 3 is 2.64 bits per heavy atom. The third kappa shape index (κ3) is 3.67. The predicted molar refractivity (Wildman–Crippen MR) is 111 cm³/mol. The van der Waals surface area contributed by atoms with Gasteiger partial charge in [0.2, 0.25) is 5.16 Å². The van der Waals surface area contributed by atoms with Gasteiger partial charge in [0.05, 0.1) is 0 Å². The highest BCUT2D eigenvalue weighted by molar-refractivity contribution is 7.96. The molecule has 1 saturated heterocycles. The molecule has 7 heteroatoms. The number of hydrogen-bond donors (Lipinski definition) is 1. The van der Waals surface area contributed by atoms with E-state index in [0.29, 0.717) is 6.01 Å². The van der Waals surface area contributed by atoms with E-state index in [0.717, 1.165) is 49.3 Å². The summed E-state index contributed by atoms with van der Waals surface area (Å²) in [5.74, 6) is 1.80. The Labute approximate surface area is 171 Å². The quantitative estimate of drug-likeness (QED) is 0.751. The molecule has 150 valence electrons. The summed E-state index contributed by atoms with van der Waals surface area (Å²) in [7, 11) is 4.29. The van der Waals surface area contributed by atoms with E-state index in [9.17, 15) is 0 Å². The van der Waals surface area contributed by atoms with Gasteiger partial charge in [-0.1, -0.05) is 6.07 Å². The summed E-state index contributed by atoms with van der Waals surface area (Å²) in [6.07, 6.45) is 8.30. The normalized spacial score (nSPS) is 21.5. The number of aromatic amines is 1. The largest absolute Gasteiger partial charge is 0.424 e. The first-order valence-corrected chi connectivity index (χ1v) is 11.3. The average Bonchev–Trinajstić information content (AvgIpc) is 3.42. The number of fused-ring (bicyclic) bond motifs is 2. The second-order valence-electron chi connectivity index (χ2n) is 8.61. The minimum atomic E-state index is 0.529. The summed E-state index contributed by atoms with van der Waals surface area (Å²) in [5, 5.41) is 8.17. The molecule has 1 fully saturated rings. The molecule has 1 aromatic carbocycles. The van der Waals surface area contributed by atoms with E-state index in [2.05, 4.69) is 44.5 Å². The monoisotopic (exact) mass is 399 g/mol. The van der Waals surface area contributed by atoms with Gasteiger partial charge in [-0.05, 0) is 87.2 Å². The molecule has 1 unspecified atom stereocenters. The van der Waals surface area contributed by atoms with Gasteiger partial charge < -0.3 is 9.64 Å². The standard InChI is InChI=1S/C21H29N5OS/c1-25(2)12-14-9-10-26(13-14)28-21-22-20(23-24-21)27-19-17-7-3-5-15(17)11-16-6-4-8-18(16)19/h11,14H,3-10,12-13H2,1-2H3,(H,22,23,24). The van der Waals surface area contributed by atoms with Gasteiger partial charge in [-0.3, -0.25) is 0 Å². The van der Waals surface area contributed by atoms with E-state index < -0.39 is 0 Å². The molecule has 0 amide bonds. The molecule has 1 N–H and O–H groups in total. The van der Waals surface area contributed by atoms with Crippen molar-refractivity contribution in [2.75, 3.05) is 33.7 Å². The first-order valence-electron chi connectivity index (χ1n) is 10.5. The number of aromatic nitrogens is 3. The third-order valence-electron chi connectivity index (χ3n) is 6.14. The van der Waals surface area contributed by atoms with Crippen molar-refractivity contribution in [3.8, 4) is 11.8 Å². The summed E-state index contributed by atoms with van der Waals surface area (Å²) >= 11 is 1.65. The molecule has 0 spiro atoms. The Morgan fingerprint density at radius 2 is 1.93 bits per heavy atom. The maximum absolute atomic E-state index is 6.32. The second-order valence-corrected chi connectivity index (χ2v) is 9.67.